The van der Waals surface area contributed by atoms with E-state index in [0.29, 0.717) is 5.56 Å². The van der Waals surface area contributed by atoms with Gasteiger partial charge in [-0.15, -0.1) is 0 Å². The standard InChI is InChI=1S/C18H19N3O2/c1-12(13-8-10-19-11-9-13)20-17(22)15-4-6-16(7-5-15)21-18(23)14-2-3-14/h4-12,14H,2-3H2,1H3,(H,20,22)(H,21,23). The number of carbonyl (C=O) groups is 2. The summed E-state index contributed by atoms with van der Waals surface area (Å²) >= 11 is 0. The molecule has 1 aromatic heterocycles. The number of aromatic nitrogens is 1. The Kier molecular flexibility index (Phi) is 4.37. The van der Waals surface area contributed by atoms with Gasteiger partial charge < -0.3 is 10.6 Å². The minimum atomic E-state index is -0.144. The molecule has 1 aliphatic carbocycles. The van der Waals surface area contributed by atoms with Crippen LogP contribution in [0.3, 0.4) is 0 Å². The van der Waals surface area contributed by atoms with E-state index in [9.17, 15) is 9.59 Å². The highest BCUT2D eigenvalue weighted by molar-refractivity contribution is 5.96. The molecule has 1 unspecified atom stereocenters. The number of hydrogen-bond acceptors (Lipinski definition) is 3. The van der Waals surface area contributed by atoms with Crippen molar-refractivity contribution in [1.29, 1.82) is 0 Å². The second kappa shape index (κ2) is 6.60. The minimum Gasteiger partial charge on any atom is -0.346 e. The molecular weight excluding hydrogens is 290 g/mol. The Hall–Kier alpha value is -2.69. The highest BCUT2D eigenvalue weighted by atomic mass is 16.2. The van der Waals surface area contributed by atoms with Gasteiger partial charge >= 0.3 is 0 Å². The molecule has 1 atom stereocenters. The zero-order chi connectivity index (χ0) is 16.2. The van der Waals surface area contributed by atoms with Crippen molar-refractivity contribution in [2.24, 2.45) is 5.92 Å². The summed E-state index contributed by atoms with van der Waals surface area (Å²) in [6.45, 7) is 1.93. The number of nitrogens with zero attached hydrogens (tertiary/aromatic N) is 1. The summed E-state index contributed by atoms with van der Waals surface area (Å²) in [5.41, 5.74) is 2.29. The fraction of sp³-hybridized carbons (Fsp3) is 0.278. The Morgan fingerprint density at radius 3 is 2.35 bits per heavy atom. The highest BCUT2D eigenvalue weighted by Crippen LogP contribution is 2.30. The molecule has 1 aromatic carbocycles. The van der Waals surface area contributed by atoms with Crippen LogP contribution >= 0.6 is 0 Å². The number of anilines is 1. The van der Waals surface area contributed by atoms with E-state index in [2.05, 4.69) is 15.6 Å². The van der Waals surface area contributed by atoms with E-state index in [1.807, 2.05) is 19.1 Å². The molecule has 2 N–H and O–H groups in total. The molecule has 0 radical (unpaired) electrons. The average molecular weight is 309 g/mol. The number of hydrogen-bond donors (Lipinski definition) is 2. The van der Waals surface area contributed by atoms with Crippen LogP contribution in [0.1, 0.15) is 41.7 Å². The largest absolute Gasteiger partial charge is 0.346 e. The van der Waals surface area contributed by atoms with Crippen molar-refractivity contribution in [3.8, 4) is 0 Å². The van der Waals surface area contributed by atoms with Crippen LogP contribution in [0.4, 0.5) is 5.69 Å². The molecular formula is C18H19N3O2. The van der Waals surface area contributed by atoms with Gasteiger partial charge in [-0.3, -0.25) is 14.6 Å². The van der Waals surface area contributed by atoms with E-state index in [1.54, 1.807) is 36.7 Å². The SMILES string of the molecule is CC(NC(=O)c1ccc(NC(=O)C2CC2)cc1)c1ccncc1. The van der Waals surface area contributed by atoms with Gasteiger partial charge in [-0.05, 0) is 61.7 Å². The number of nitrogens with one attached hydrogen (secondary N) is 2. The molecule has 2 aromatic rings. The van der Waals surface area contributed by atoms with Gasteiger partial charge in [0, 0.05) is 29.6 Å². The Labute approximate surface area is 135 Å². The number of amides is 2. The second-order valence-corrected chi connectivity index (χ2v) is 5.82. The first kappa shape index (κ1) is 15.2. The third-order valence-corrected chi connectivity index (χ3v) is 3.92. The van der Waals surface area contributed by atoms with Crippen LogP contribution < -0.4 is 10.6 Å². The van der Waals surface area contributed by atoms with Crippen molar-refractivity contribution in [3.63, 3.8) is 0 Å². The van der Waals surface area contributed by atoms with E-state index in [4.69, 9.17) is 0 Å². The summed E-state index contributed by atoms with van der Waals surface area (Å²) in [6, 6.07) is 10.6. The van der Waals surface area contributed by atoms with Crippen LogP contribution in [0.2, 0.25) is 0 Å². The molecule has 0 saturated heterocycles. The van der Waals surface area contributed by atoms with Crippen LogP contribution in [0, 0.1) is 5.92 Å². The predicted octanol–water partition coefficient (Wildman–Crippen LogP) is 2.92. The van der Waals surface area contributed by atoms with Crippen LogP contribution in [0.5, 0.6) is 0 Å². The van der Waals surface area contributed by atoms with Crippen LogP contribution in [0.25, 0.3) is 0 Å². The molecule has 1 fully saturated rings. The van der Waals surface area contributed by atoms with Gasteiger partial charge in [0.1, 0.15) is 0 Å². The van der Waals surface area contributed by atoms with E-state index < -0.39 is 0 Å². The molecule has 23 heavy (non-hydrogen) atoms. The second-order valence-electron chi connectivity index (χ2n) is 5.82. The molecule has 5 nitrogen and oxygen atoms in total. The Morgan fingerprint density at radius 2 is 1.74 bits per heavy atom. The van der Waals surface area contributed by atoms with E-state index in [1.165, 1.54) is 0 Å². The average Bonchev–Trinajstić information content (AvgIpc) is 3.41. The minimum absolute atomic E-state index is 0.0634. The lowest BCUT2D eigenvalue weighted by molar-refractivity contribution is -0.117. The maximum Gasteiger partial charge on any atom is 0.251 e. The summed E-state index contributed by atoms with van der Waals surface area (Å²) in [6.07, 6.45) is 5.35. The normalized spacial score (nSPS) is 14.8. The molecule has 0 aliphatic heterocycles. The van der Waals surface area contributed by atoms with Gasteiger partial charge in [0.05, 0.1) is 6.04 Å². The van der Waals surface area contributed by atoms with E-state index >= 15 is 0 Å². The lowest BCUT2D eigenvalue weighted by Gasteiger charge is -2.14. The number of benzene rings is 1. The molecule has 0 bridgehead atoms. The summed E-state index contributed by atoms with van der Waals surface area (Å²) in [7, 11) is 0. The van der Waals surface area contributed by atoms with Crippen molar-refractivity contribution in [3.05, 3.63) is 59.9 Å². The molecule has 3 rings (SSSR count). The van der Waals surface area contributed by atoms with Crippen molar-refractivity contribution < 1.29 is 9.59 Å². The van der Waals surface area contributed by atoms with Crippen LogP contribution in [-0.2, 0) is 4.79 Å². The first-order valence-electron chi connectivity index (χ1n) is 7.75. The molecule has 118 valence electrons. The summed E-state index contributed by atoms with van der Waals surface area (Å²) in [4.78, 5) is 27.9. The molecule has 0 spiro atoms. The van der Waals surface area contributed by atoms with Crippen LogP contribution in [-0.4, -0.2) is 16.8 Å². The smallest absolute Gasteiger partial charge is 0.251 e. The third kappa shape index (κ3) is 3.94. The van der Waals surface area contributed by atoms with Gasteiger partial charge in [0.2, 0.25) is 5.91 Å². The lowest BCUT2D eigenvalue weighted by Crippen LogP contribution is -2.26. The number of carbonyl (C=O) groups excluding carboxylic acids is 2. The monoisotopic (exact) mass is 309 g/mol. The molecule has 1 aliphatic rings. The molecule has 5 heteroatoms. The van der Waals surface area contributed by atoms with E-state index in [-0.39, 0.29) is 23.8 Å². The van der Waals surface area contributed by atoms with Gasteiger partial charge in [0.15, 0.2) is 0 Å². The summed E-state index contributed by atoms with van der Waals surface area (Å²) in [5.74, 6) is 0.0853. The van der Waals surface area contributed by atoms with Crippen molar-refractivity contribution in [2.45, 2.75) is 25.8 Å². The predicted molar refractivity (Wildman–Crippen MR) is 87.9 cm³/mol. The lowest BCUT2D eigenvalue weighted by atomic mass is 10.1. The first-order valence-corrected chi connectivity index (χ1v) is 7.75. The number of rotatable bonds is 5. The Morgan fingerprint density at radius 1 is 1.09 bits per heavy atom. The highest BCUT2D eigenvalue weighted by Gasteiger charge is 2.29. The van der Waals surface area contributed by atoms with Crippen LogP contribution in [0.15, 0.2) is 48.8 Å². The van der Waals surface area contributed by atoms with Gasteiger partial charge in [-0.1, -0.05) is 0 Å². The Balaban J connectivity index is 1.60. The van der Waals surface area contributed by atoms with Gasteiger partial charge in [-0.25, -0.2) is 0 Å². The summed E-state index contributed by atoms with van der Waals surface area (Å²) in [5, 5.41) is 5.81. The third-order valence-electron chi connectivity index (χ3n) is 3.92. The fourth-order valence-corrected chi connectivity index (χ4v) is 2.31. The first-order chi connectivity index (χ1) is 11.1. The number of pyridine rings is 1. The molecule has 2 amide bonds. The molecule has 1 saturated carbocycles. The van der Waals surface area contributed by atoms with Crippen molar-refractivity contribution in [2.75, 3.05) is 5.32 Å². The maximum absolute atomic E-state index is 12.3. The van der Waals surface area contributed by atoms with E-state index in [0.717, 1.165) is 24.1 Å². The fourth-order valence-electron chi connectivity index (χ4n) is 2.31. The van der Waals surface area contributed by atoms with Crippen molar-refractivity contribution >= 4 is 17.5 Å². The zero-order valence-electron chi connectivity index (χ0n) is 13.0. The van der Waals surface area contributed by atoms with Crippen molar-refractivity contribution in [1.82, 2.24) is 10.3 Å². The maximum atomic E-state index is 12.3. The Bertz CT molecular complexity index is 694. The van der Waals surface area contributed by atoms with Gasteiger partial charge in [-0.2, -0.15) is 0 Å². The topological polar surface area (TPSA) is 71.1 Å². The zero-order valence-corrected chi connectivity index (χ0v) is 13.0. The molecule has 1 heterocycles. The quantitative estimate of drug-likeness (QED) is 0.892. The van der Waals surface area contributed by atoms with Gasteiger partial charge in [0.25, 0.3) is 5.91 Å². The summed E-state index contributed by atoms with van der Waals surface area (Å²) < 4.78 is 0.